The summed E-state index contributed by atoms with van der Waals surface area (Å²) in [7, 11) is 0. The summed E-state index contributed by atoms with van der Waals surface area (Å²) in [6, 6.07) is 4.95. The van der Waals surface area contributed by atoms with Gasteiger partial charge in [-0.2, -0.15) is 0 Å². The van der Waals surface area contributed by atoms with Crippen LogP contribution in [0.3, 0.4) is 0 Å². The number of rotatable bonds is 6. The van der Waals surface area contributed by atoms with Gasteiger partial charge in [0.15, 0.2) is 5.82 Å². The molecule has 0 spiro atoms. The first kappa shape index (κ1) is 15.1. The SMILES string of the molecule is CCCC[C@@H](NC(=O)c1ccncc1F)c1cccnc1. The van der Waals surface area contributed by atoms with Crippen molar-refractivity contribution in [2.45, 2.75) is 32.2 Å². The molecule has 21 heavy (non-hydrogen) atoms. The van der Waals surface area contributed by atoms with Gasteiger partial charge in [-0.05, 0) is 24.1 Å². The quantitative estimate of drug-likeness (QED) is 0.887. The molecule has 0 aliphatic carbocycles. The standard InChI is InChI=1S/C16H18FN3O/c1-2-3-6-15(12-5-4-8-18-10-12)20-16(21)13-7-9-19-11-14(13)17/h4-5,7-11,15H,2-3,6H2,1H3,(H,20,21)/t15-/m1/s1. The Labute approximate surface area is 123 Å². The number of hydrogen-bond acceptors (Lipinski definition) is 3. The minimum absolute atomic E-state index is 0.00962. The van der Waals surface area contributed by atoms with E-state index in [1.165, 1.54) is 12.3 Å². The molecule has 1 atom stereocenters. The highest BCUT2D eigenvalue weighted by Gasteiger charge is 2.17. The van der Waals surface area contributed by atoms with Crippen LogP contribution in [0.4, 0.5) is 4.39 Å². The van der Waals surface area contributed by atoms with E-state index in [2.05, 4.69) is 22.2 Å². The molecule has 2 aromatic heterocycles. The van der Waals surface area contributed by atoms with E-state index in [9.17, 15) is 9.18 Å². The highest BCUT2D eigenvalue weighted by molar-refractivity contribution is 5.94. The van der Waals surface area contributed by atoms with Gasteiger partial charge in [0.25, 0.3) is 5.91 Å². The Balaban J connectivity index is 2.15. The number of halogens is 1. The molecular formula is C16H18FN3O. The largest absolute Gasteiger partial charge is 0.345 e. The lowest BCUT2D eigenvalue weighted by Crippen LogP contribution is -2.29. The third-order valence-electron chi connectivity index (χ3n) is 3.26. The smallest absolute Gasteiger partial charge is 0.254 e. The Morgan fingerprint density at radius 1 is 1.29 bits per heavy atom. The van der Waals surface area contributed by atoms with Crippen molar-refractivity contribution in [2.24, 2.45) is 0 Å². The van der Waals surface area contributed by atoms with Gasteiger partial charge in [-0.1, -0.05) is 25.8 Å². The molecule has 0 aliphatic heterocycles. The molecule has 0 radical (unpaired) electrons. The van der Waals surface area contributed by atoms with E-state index >= 15 is 0 Å². The Hall–Kier alpha value is -2.30. The lowest BCUT2D eigenvalue weighted by Gasteiger charge is -2.18. The van der Waals surface area contributed by atoms with Crippen LogP contribution < -0.4 is 5.32 Å². The van der Waals surface area contributed by atoms with Crippen molar-refractivity contribution in [3.8, 4) is 0 Å². The number of amides is 1. The van der Waals surface area contributed by atoms with Gasteiger partial charge in [0, 0.05) is 18.6 Å². The zero-order chi connectivity index (χ0) is 15.1. The summed E-state index contributed by atoms with van der Waals surface area (Å²) in [6.07, 6.45) is 8.65. The van der Waals surface area contributed by atoms with Gasteiger partial charge >= 0.3 is 0 Å². The molecular weight excluding hydrogens is 269 g/mol. The summed E-state index contributed by atoms with van der Waals surface area (Å²) in [5, 5.41) is 2.88. The zero-order valence-electron chi connectivity index (χ0n) is 11.9. The van der Waals surface area contributed by atoms with Gasteiger partial charge in [0.1, 0.15) is 0 Å². The monoisotopic (exact) mass is 287 g/mol. The van der Waals surface area contributed by atoms with Crippen molar-refractivity contribution in [2.75, 3.05) is 0 Å². The molecule has 2 rings (SSSR count). The average Bonchev–Trinajstić information content (AvgIpc) is 2.52. The molecule has 1 amide bonds. The van der Waals surface area contributed by atoms with E-state index in [0.29, 0.717) is 0 Å². The lowest BCUT2D eigenvalue weighted by molar-refractivity contribution is 0.0929. The Bertz CT molecular complexity index is 589. The highest BCUT2D eigenvalue weighted by Crippen LogP contribution is 2.19. The summed E-state index contributed by atoms with van der Waals surface area (Å²) in [5.74, 6) is -1.05. The Morgan fingerprint density at radius 2 is 2.10 bits per heavy atom. The average molecular weight is 287 g/mol. The number of hydrogen-bond donors (Lipinski definition) is 1. The number of pyridine rings is 2. The molecule has 5 heteroatoms. The molecule has 1 N–H and O–H groups in total. The summed E-state index contributed by atoms with van der Waals surface area (Å²) >= 11 is 0. The van der Waals surface area contributed by atoms with Crippen molar-refractivity contribution < 1.29 is 9.18 Å². The topological polar surface area (TPSA) is 54.9 Å². The summed E-state index contributed by atoms with van der Waals surface area (Å²) in [4.78, 5) is 19.9. The third-order valence-corrected chi connectivity index (χ3v) is 3.26. The Kier molecular flexibility index (Phi) is 5.37. The minimum atomic E-state index is -0.615. The van der Waals surface area contributed by atoms with Crippen LogP contribution in [0.15, 0.2) is 43.0 Å². The second-order valence-corrected chi connectivity index (χ2v) is 4.81. The first-order valence-electron chi connectivity index (χ1n) is 7.02. The van der Waals surface area contributed by atoms with Gasteiger partial charge < -0.3 is 5.32 Å². The molecule has 0 unspecified atom stereocenters. The summed E-state index contributed by atoms with van der Waals surface area (Å²) in [6.45, 7) is 2.09. The molecule has 4 nitrogen and oxygen atoms in total. The highest BCUT2D eigenvalue weighted by atomic mass is 19.1. The van der Waals surface area contributed by atoms with E-state index < -0.39 is 11.7 Å². The predicted octanol–water partition coefficient (Wildman–Crippen LogP) is 3.28. The van der Waals surface area contributed by atoms with Crippen LogP contribution in [-0.4, -0.2) is 15.9 Å². The molecule has 0 fully saturated rings. The predicted molar refractivity (Wildman–Crippen MR) is 78.2 cm³/mol. The molecule has 0 aromatic carbocycles. The van der Waals surface area contributed by atoms with Gasteiger partial charge in [-0.3, -0.25) is 14.8 Å². The lowest BCUT2D eigenvalue weighted by atomic mass is 10.0. The number of nitrogens with zero attached hydrogens (tertiary/aromatic N) is 2. The molecule has 2 heterocycles. The molecule has 0 aliphatic rings. The number of nitrogens with one attached hydrogen (secondary N) is 1. The van der Waals surface area contributed by atoms with E-state index in [0.717, 1.165) is 31.0 Å². The molecule has 0 saturated carbocycles. The number of carbonyl (C=O) groups excluding carboxylic acids is 1. The first-order valence-corrected chi connectivity index (χ1v) is 7.02. The van der Waals surface area contributed by atoms with E-state index in [-0.39, 0.29) is 11.6 Å². The molecule has 2 aromatic rings. The fourth-order valence-electron chi connectivity index (χ4n) is 2.11. The maximum Gasteiger partial charge on any atom is 0.254 e. The van der Waals surface area contributed by atoms with Gasteiger partial charge in [-0.25, -0.2) is 4.39 Å². The van der Waals surface area contributed by atoms with Crippen LogP contribution in [0.2, 0.25) is 0 Å². The Morgan fingerprint density at radius 3 is 2.76 bits per heavy atom. The van der Waals surface area contributed by atoms with Gasteiger partial charge in [0.05, 0.1) is 17.8 Å². The van der Waals surface area contributed by atoms with E-state index in [4.69, 9.17) is 0 Å². The van der Waals surface area contributed by atoms with Crippen molar-refractivity contribution in [1.29, 1.82) is 0 Å². The molecule has 0 bridgehead atoms. The summed E-state index contributed by atoms with van der Waals surface area (Å²) in [5.41, 5.74) is 0.934. The van der Waals surface area contributed by atoms with Crippen molar-refractivity contribution >= 4 is 5.91 Å². The molecule has 110 valence electrons. The third kappa shape index (κ3) is 4.08. The second kappa shape index (κ2) is 7.47. The van der Waals surface area contributed by atoms with Crippen LogP contribution in [0.25, 0.3) is 0 Å². The maximum atomic E-state index is 13.6. The van der Waals surface area contributed by atoms with Crippen molar-refractivity contribution in [3.05, 3.63) is 59.9 Å². The molecule has 0 saturated heterocycles. The van der Waals surface area contributed by atoms with Gasteiger partial charge in [0.2, 0.25) is 0 Å². The zero-order valence-corrected chi connectivity index (χ0v) is 11.9. The van der Waals surface area contributed by atoms with Crippen molar-refractivity contribution in [3.63, 3.8) is 0 Å². The summed E-state index contributed by atoms with van der Waals surface area (Å²) < 4.78 is 13.6. The normalized spacial score (nSPS) is 11.9. The number of unbranched alkanes of at least 4 members (excludes halogenated alkanes) is 1. The fourth-order valence-corrected chi connectivity index (χ4v) is 2.11. The van der Waals surface area contributed by atoms with Crippen LogP contribution in [0.1, 0.15) is 48.1 Å². The number of carbonyl (C=O) groups is 1. The number of aromatic nitrogens is 2. The fraction of sp³-hybridized carbons (Fsp3) is 0.312. The van der Waals surface area contributed by atoms with E-state index in [1.807, 2.05) is 12.1 Å². The van der Waals surface area contributed by atoms with Crippen LogP contribution in [0.5, 0.6) is 0 Å². The maximum absolute atomic E-state index is 13.6. The van der Waals surface area contributed by atoms with Crippen LogP contribution in [-0.2, 0) is 0 Å². The van der Waals surface area contributed by atoms with Crippen molar-refractivity contribution in [1.82, 2.24) is 15.3 Å². The first-order chi connectivity index (χ1) is 10.2. The van der Waals surface area contributed by atoms with Crippen LogP contribution in [0, 0.1) is 5.82 Å². The van der Waals surface area contributed by atoms with E-state index in [1.54, 1.807) is 12.4 Å². The van der Waals surface area contributed by atoms with Gasteiger partial charge in [-0.15, -0.1) is 0 Å². The van der Waals surface area contributed by atoms with Crippen LogP contribution >= 0.6 is 0 Å². The second-order valence-electron chi connectivity index (χ2n) is 4.81. The minimum Gasteiger partial charge on any atom is -0.345 e.